The van der Waals surface area contributed by atoms with Crippen LogP contribution in [0.1, 0.15) is 16.1 Å². The number of methoxy groups -OCH3 is 1. The summed E-state index contributed by atoms with van der Waals surface area (Å²) in [6, 6.07) is 8.11. The van der Waals surface area contributed by atoms with Crippen molar-refractivity contribution in [1.82, 2.24) is 4.57 Å². The third kappa shape index (κ3) is 1.50. The van der Waals surface area contributed by atoms with Gasteiger partial charge in [0, 0.05) is 41.7 Å². The number of hydrogen-bond acceptors (Lipinski definition) is 2. The number of benzene rings is 1. The summed E-state index contributed by atoms with van der Waals surface area (Å²) in [6.45, 7) is 1.71. The molecule has 0 fully saturated rings. The number of aldehydes is 1. The Balaban J connectivity index is 2.14. The SMILES string of the molecule is COC[C@@H]1Cc2c(C=O)c3ccccc3n2C1. The minimum Gasteiger partial charge on any atom is -0.384 e. The van der Waals surface area contributed by atoms with Gasteiger partial charge in [0.25, 0.3) is 0 Å². The van der Waals surface area contributed by atoms with Crippen LogP contribution in [0.2, 0.25) is 0 Å². The van der Waals surface area contributed by atoms with Crippen LogP contribution in [0.15, 0.2) is 24.3 Å². The maximum Gasteiger partial charge on any atom is 0.152 e. The number of carbonyl (C=O) groups excluding carboxylic acids is 1. The average Bonchev–Trinajstić information content (AvgIpc) is 2.86. The predicted octanol–water partition coefficient (Wildman–Crippen LogP) is 2.27. The molecule has 1 atom stereocenters. The molecule has 0 saturated carbocycles. The highest BCUT2D eigenvalue weighted by atomic mass is 16.5. The minimum atomic E-state index is 0.498. The number of hydrogen-bond donors (Lipinski definition) is 0. The fraction of sp³-hybridized carbons (Fsp3) is 0.357. The largest absolute Gasteiger partial charge is 0.384 e. The van der Waals surface area contributed by atoms with Crippen molar-refractivity contribution in [3.8, 4) is 0 Å². The Hall–Kier alpha value is -1.61. The molecule has 0 N–H and O–H groups in total. The second-order valence-corrected chi connectivity index (χ2v) is 4.63. The van der Waals surface area contributed by atoms with Crippen molar-refractivity contribution in [3.63, 3.8) is 0 Å². The molecule has 0 aliphatic carbocycles. The Bertz CT molecular complexity index is 571. The lowest BCUT2D eigenvalue weighted by Gasteiger charge is -2.07. The van der Waals surface area contributed by atoms with E-state index < -0.39 is 0 Å². The van der Waals surface area contributed by atoms with Gasteiger partial charge < -0.3 is 9.30 Å². The topological polar surface area (TPSA) is 31.2 Å². The van der Waals surface area contributed by atoms with E-state index in [0.29, 0.717) is 5.92 Å². The smallest absolute Gasteiger partial charge is 0.152 e. The van der Waals surface area contributed by atoms with E-state index in [4.69, 9.17) is 4.74 Å². The minimum absolute atomic E-state index is 0.498. The Morgan fingerprint density at radius 2 is 2.29 bits per heavy atom. The molecule has 0 amide bonds. The first kappa shape index (κ1) is 10.5. The zero-order chi connectivity index (χ0) is 11.8. The summed E-state index contributed by atoms with van der Waals surface area (Å²) in [7, 11) is 1.73. The average molecular weight is 229 g/mol. The molecule has 88 valence electrons. The number of nitrogens with zero attached hydrogens (tertiary/aromatic N) is 1. The van der Waals surface area contributed by atoms with E-state index in [2.05, 4.69) is 10.6 Å². The van der Waals surface area contributed by atoms with Gasteiger partial charge in [-0.05, 0) is 12.5 Å². The third-order valence-corrected chi connectivity index (χ3v) is 3.56. The van der Waals surface area contributed by atoms with Crippen molar-refractivity contribution < 1.29 is 9.53 Å². The number of ether oxygens (including phenoxy) is 1. The first-order valence-corrected chi connectivity index (χ1v) is 5.89. The quantitative estimate of drug-likeness (QED) is 0.756. The van der Waals surface area contributed by atoms with E-state index in [1.54, 1.807) is 7.11 Å². The number of carbonyl (C=O) groups is 1. The van der Waals surface area contributed by atoms with Gasteiger partial charge in [-0.25, -0.2) is 0 Å². The lowest BCUT2D eigenvalue weighted by atomic mass is 10.0. The molecule has 2 aromatic rings. The van der Waals surface area contributed by atoms with Crippen LogP contribution in [0.3, 0.4) is 0 Å². The van der Waals surface area contributed by atoms with E-state index in [0.717, 1.165) is 36.8 Å². The molecular formula is C14H15NO2. The van der Waals surface area contributed by atoms with Crippen LogP contribution in [-0.4, -0.2) is 24.6 Å². The van der Waals surface area contributed by atoms with Crippen LogP contribution in [0.5, 0.6) is 0 Å². The highest BCUT2D eigenvalue weighted by Gasteiger charge is 2.27. The van der Waals surface area contributed by atoms with Gasteiger partial charge in [0.2, 0.25) is 0 Å². The van der Waals surface area contributed by atoms with Crippen LogP contribution >= 0.6 is 0 Å². The molecule has 1 aliphatic heterocycles. The maximum atomic E-state index is 11.3. The molecule has 17 heavy (non-hydrogen) atoms. The first-order valence-electron chi connectivity index (χ1n) is 5.89. The van der Waals surface area contributed by atoms with Gasteiger partial charge >= 0.3 is 0 Å². The normalized spacial score (nSPS) is 18.5. The fourth-order valence-corrected chi connectivity index (χ4v) is 2.89. The van der Waals surface area contributed by atoms with Crippen LogP contribution in [0, 0.1) is 5.92 Å². The van der Waals surface area contributed by atoms with Crippen LogP contribution in [0.4, 0.5) is 0 Å². The first-order chi connectivity index (χ1) is 8.35. The predicted molar refractivity (Wildman–Crippen MR) is 66.4 cm³/mol. The van der Waals surface area contributed by atoms with Gasteiger partial charge in [-0.3, -0.25) is 4.79 Å². The summed E-state index contributed by atoms with van der Waals surface area (Å²) in [5, 5.41) is 1.08. The van der Waals surface area contributed by atoms with Gasteiger partial charge in [-0.15, -0.1) is 0 Å². The van der Waals surface area contributed by atoms with Gasteiger partial charge in [0.05, 0.1) is 6.61 Å². The molecule has 2 heterocycles. The van der Waals surface area contributed by atoms with E-state index in [1.165, 1.54) is 11.2 Å². The van der Waals surface area contributed by atoms with Crippen molar-refractivity contribution >= 4 is 17.2 Å². The third-order valence-electron chi connectivity index (χ3n) is 3.56. The van der Waals surface area contributed by atoms with Crippen molar-refractivity contribution in [3.05, 3.63) is 35.5 Å². The molecule has 1 aliphatic rings. The molecule has 3 rings (SSSR count). The molecule has 0 bridgehead atoms. The van der Waals surface area contributed by atoms with Crippen LogP contribution < -0.4 is 0 Å². The highest BCUT2D eigenvalue weighted by Crippen LogP contribution is 2.32. The Labute approximate surface area is 100.0 Å². The zero-order valence-electron chi connectivity index (χ0n) is 9.85. The Kier molecular flexibility index (Phi) is 2.48. The van der Waals surface area contributed by atoms with Gasteiger partial charge in [0.15, 0.2) is 6.29 Å². The number of aromatic nitrogens is 1. The van der Waals surface area contributed by atoms with Crippen LogP contribution in [-0.2, 0) is 17.7 Å². The fourth-order valence-electron chi connectivity index (χ4n) is 2.89. The van der Waals surface area contributed by atoms with Crippen molar-refractivity contribution in [2.75, 3.05) is 13.7 Å². The standard InChI is InChI=1S/C14H15NO2/c1-17-9-10-6-14-12(8-16)11-4-2-3-5-13(11)15(14)7-10/h2-5,8,10H,6-7,9H2,1H3/t10-/m1/s1. The lowest BCUT2D eigenvalue weighted by molar-refractivity contribution is 0.112. The molecule has 3 heteroatoms. The molecule has 0 spiro atoms. The van der Waals surface area contributed by atoms with Gasteiger partial charge in [-0.1, -0.05) is 18.2 Å². The summed E-state index contributed by atoms with van der Waals surface area (Å²) in [5.74, 6) is 0.498. The van der Waals surface area contributed by atoms with E-state index in [1.807, 2.05) is 18.2 Å². The summed E-state index contributed by atoms with van der Waals surface area (Å²) >= 11 is 0. The van der Waals surface area contributed by atoms with Crippen molar-refractivity contribution in [2.45, 2.75) is 13.0 Å². The number of para-hydroxylation sites is 1. The van der Waals surface area contributed by atoms with E-state index in [9.17, 15) is 4.79 Å². The zero-order valence-corrected chi connectivity index (χ0v) is 9.85. The summed E-state index contributed by atoms with van der Waals surface area (Å²) in [4.78, 5) is 11.3. The highest BCUT2D eigenvalue weighted by molar-refractivity contribution is 5.99. The molecule has 0 unspecified atom stereocenters. The van der Waals surface area contributed by atoms with Gasteiger partial charge in [0.1, 0.15) is 0 Å². The molecular weight excluding hydrogens is 214 g/mol. The Morgan fingerprint density at radius 1 is 1.47 bits per heavy atom. The molecule has 0 radical (unpaired) electrons. The second-order valence-electron chi connectivity index (χ2n) is 4.63. The van der Waals surface area contributed by atoms with Crippen molar-refractivity contribution in [1.29, 1.82) is 0 Å². The van der Waals surface area contributed by atoms with Crippen LogP contribution in [0.25, 0.3) is 10.9 Å². The molecule has 3 nitrogen and oxygen atoms in total. The van der Waals surface area contributed by atoms with Crippen molar-refractivity contribution in [2.24, 2.45) is 5.92 Å². The molecule has 1 aromatic heterocycles. The van der Waals surface area contributed by atoms with E-state index >= 15 is 0 Å². The number of fused-ring (bicyclic) bond motifs is 3. The monoisotopic (exact) mass is 229 g/mol. The number of rotatable bonds is 3. The summed E-state index contributed by atoms with van der Waals surface area (Å²) in [5.41, 5.74) is 3.20. The lowest BCUT2D eigenvalue weighted by Crippen LogP contribution is -2.09. The molecule has 0 saturated heterocycles. The second kappa shape index (κ2) is 4.00. The van der Waals surface area contributed by atoms with E-state index in [-0.39, 0.29) is 0 Å². The summed E-state index contributed by atoms with van der Waals surface area (Å²) < 4.78 is 7.48. The summed E-state index contributed by atoms with van der Waals surface area (Å²) in [6.07, 6.45) is 1.93. The molecule has 1 aromatic carbocycles. The van der Waals surface area contributed by atoms with Gasteiger partial charge in [-0.2, -0.15) is 0 Å². The maximum absolute atomic E-state index is 11.3. The Morgan fingerprint density at radius 3 is 3.06 bits per heavy atom.